The summed E-state index contributed by atoms with van der Waals surface area (Å²) in [5.41, 5.74) is 2.01. The zero-order valence-electron chi connectivity index (χ0n) is 17.6. The number of rotatable bonds is 8. The van der Waals surface area contributed by atoms with E-state index in [1.165, 1.54) is 6.33 Å². The quantitative estimate of drug-likeness (QED) is 0.676. The summed E-state index contributed by atoms with van der Waals surface area (Å²) in [6.07, 6.45) is 2.13. The lowest BCUT2D eigenvalue weighted by Gasteiger charge is -2.29. The highest BCUT2D eigenvalue weighted by Crippen LogP contribution is 2.39. The van der Waals surface area contributed by atoms with E-state index in [0.29, 0.717) is 41.9 Å². The van der Waals surface area contributed by atoms with Crippen molar-refractivity contribution in [2.24, 2.45) is 0 Å². The zero-order valence-corrected chi connectivity index (χ0v) is 17.6. The third kappa shape index (κ3) is 4.36. The number of nitrogens with one attached hydrogen (secondary N) is 1. The number of esters is 1. The van der Waals surface area contributed by atoms with Gasteiger partial charge in [-0.05, 0) is 51.8 Å². The molecule has 1 unspecified atom stereocenters. The van der Waals surface area contributed by atoms with E-state index in [0.717, 1.165) is 12.0 Å². The maximum atomic E-state index is 12.9. The van der Waals surface area contributed by atoms with Gasteiger partial charge in [0.15, 0.2) is 11.5 Å². The van der Waals surface area contributed by atoms with Gasteiger partial charge in [0.25, 0.3) is 0 Å². The van der Waals surface area contributed by atoms with Gasteiger partial charge in [-0.3, -0.25) is 0 Å². The number of carbonyl (C=O) groups excluding carboxylic acids is 1. The molecule has 156 valence electrons. The van der Waals surface area contributed by atoms with Crippen molar-refractivity contribution >= 4 is 11.9 Å². The largest absolute Gasteiger partial charge is 0.490 e. The van der Waals surface area contributed by atoms with Crippen LogP contribution in [0.25, 0.3) is 0 Å². The molecular weight excluding hydrogens is 372 g/mol. The normalized spacial score (nSPS) is 15.7. The first kappa shape index (κ1) is 20.7. The highest BCUT2D eigenvalue weighted by atomic mass is 16.5. The number of hydrogen-bond donors (Lipinski definition) is 1. The van der Waals surface area contributed by atoms with E-state index in [-0.39, 0.29) is 12.1 Å². The number of anilines is 1. The Labute approximate surface area is 170 Å². The number of hydrogen-bond acceptors (Lipinski definition) is 7. The van der Waals surface area contributed by atoms with E-state index in [9.17, 15) is 4.79 Å². The van der Waals surface area contributed by atoms with Gasteiger partial charge in [-0.25, -0.2) is 9.48 Å². The Bertz CT molecular complexity index is 904. The number of allylic oxidation sites excluding steroid dienone is 1. The van der Waals surface area contributed by atoms with E-state index >= 15 is 0 Å². The van der Waals surface area contributed by atoms with Gasteiger partial charge < -0.3 is 19.5 Å². The third-order valence-corrected chi connectivity index (χ3v) is 4.40. The minimum atomic E-state index is -0.487. The first-order valence-corrected chi connectivity index (χ1v) is 9.94. The Kier molecular flexibility index (Phi) is 6.41. The van der Waals surface area contributed by atoms with E-state index in [2.05, 4.69) is 22.3 Å². The second kappa shape index (κ2) is 8.98. The lowest BCUT2D eigenvalue weighted by atomic mass is 9.95. The average molecular weight is 400 g/mol. The molecular formula is C21H28N4O4. The van der Waals surface area contributed by atoms with Crippen LogP contribution < -0.4 is 14.8 Å². The highest BCUT2D eigenvalue weighted by molar-refractivity contribution is 5.92. The molecule has 0 spiro atoms. The molecule has 0 aliphatic carbocycles. The fraction of sp³-hybridized carbons (Fsp3) is 0.476. The first-order chi connectivity index (χ1) is 14.0. The number of fused-ring (bicyclic) bond motifs is 1. The van der Waals surface area contributed by atoms with Crippen molar-refractivity contribution in [3.63, 3.8) is 0 Å². The molecule has 1 atom stereocenters. The van der Waals surface area contributed by atoms with Gasteiger partial charge in [0.05, 0.1) is 24.9 Å². The molecule has 0 radical (unpaired) electrons. The molecule has 2 heterocycles. The molecule has 0 saturated carbocycles. The predicted octanol–water partition coefficient (Wildman–Crippen LogP) is 3.71. The van der Waals surface area contributed by atoms with Gasteiger partial charge in [0, 0.05) is 5.70 Å². The molecule has 1 aromatic heterocycles. The van der Waals surface area contributed by atoms with Crippen LogP contribution in [0.1, 0.15) is 52.6 Å². The Morgan fingerprint density at radius 1 is 1.24 bits per heavy atom. The molecule has 2 aromatic rings. The van der Waals surface area contributed by atoms with Gasteiger partial charge >= 0.3 is 5.97 Å². The molecule has 0 bridgehead atoms. The summed E-state index contributed by atoms with van der Waals surface area (Å²) in [7, 11) is 0. The highest BCUT2D eigenvalue weighted by Gasteiger charge is 2.35. The monoisotopic (exact) mass is 400 g/mol. The molecule has 1 aromatic carbocycles. The van der Waals surface area contributed by atoms with Crippen LogP contribution in [-0.2, 0) is 9.53 Å². The summed E-state index contributed by atoms with van der Waals surface area (Å²) in [5.74, 6) is 1.49. The molecule has 0 amide bonds. The van der Waals surface area contributed by atoms with Crippen LogP contribution in [0.5, 0.6) is 11.5 Å². The Morgan fingerprint density at radius 2 is 2.03 bits per heavy atom. The van der Waals surface area contributed by atoms with Gasteiger partial charge in [0.2, 0.25) is 5.95 Å². The van der Waals surface area contributed by atoms with Gasteiger partial charge in [0.1, 0.15) is 12.4 Å². The maximum absolute atomic E-state index is 12.9. The number of nitrogens with zero attached hydrogens (tertiary/aromatic N) is 3. The van der Waals surface area contributed by atoms with Crippen LogP contribution in [0.15, 0.2) is 35.8 Å². The second-order valence-electron chi connectivity index (χ2n) is 7.04. The van der Waals surface area contributed by atoms with Crippen molar-refractivity contribution in [2.75, 3.05) is 18.5 Å². The molecule has 3 rings (SSSR count). The smallest absolute Gasteiger partial charge is 0.338 e. The Balaban J connectivity index is 2.08. The van der Waals surface area contributed by atoms with Crippen LogP contribution in [-0.4, -0.2) is 40.1 Å². The van der Waals surface area contributed by atoms with Crippen molar-refractivity contribution in [1.29, 1.82) is 0 Å². The topological polar surface area (TPSA) is 87.5 Å². The Morgan fingerprint density at radius 3 is 2.72 bits per heavy atom. The second-order valence-corrected chi connectivity index (χ2v) is 7.04. The third-order valence-electron chi connectivity index (χ3n) is 4.40. The van der Waals surface area contributed by atoms with Gasteiger partial charge in [-0.2, -0.15) is 10.1 Å². The van der Waals surface area contributed by atoms with Crippen LogP contribution in [0.3, 0.4) is 0 Å². The minimum absolute atomic E-state index is 0.232. The fourth-order valence-corrected chi connectivity index (χ4v) is 3.24. The van der Waals surface area contributed by atoms with Crippen LogP contribution in [0.2, 0.25) is 0 Å². The lowest BCUT2D eigenvalue weighted by Crippen LogP contribution is -2.30. The number of aromatic nitrogens is 3. The Hall–Kier alpha value is -3.03. The van der Waals surface area contributed by atoms with Gasteiger partial charge in [-0.1, -0.05) is 13.0 Å². The molecule has 0 saturated heterocycles. The first-order valence-electron chi connectivity index (χ1n) is 9.94. The van der Waals surface area contributed by atoms with E-state index < -0.39 is 6.04 Å². The molecule has 8 nitrogen and oxygen atoms in total. The molecule has 1 aliphatic rings. The average Bonchev–Trinajstić information content (AvgIpc) is 3.13. The van der Waals surface area contributed by atoms with Crippen molar-refractivity contribution in [1.82, 2.24) is 14.8 Å². The molecule has 29 heavy (non-hydrogen) atoms. The zero-order chi connectivity index (χ0) is 21.0. The van der Waals surface area contributed by atoms with E-state index in [1.807, 2.05) is 45.9 Å². The van der Waals surface area contributed by atoms with Gasteiger partial charge in [-0.15, -0.1) is 0 Å². The van der Waals surface area contributed by atoms with Crippen LogP contribution >= 0.6 is 0 Å². The minimum Gasteiger partial charge on any atom is -0.490 e. The SMILES string of the molecule is CCCOc1ccc(C2C(C(=O)OC(C)C)=C(C)Nc3ncnn32)cc1OCC. The standard InChI is InChI=1S/C21H28N4O4/c1-6-10-28-16-9-8-15(11-17(16)27-7-2)19-18(20(26)29-13(3)4)14(5)24-21-22-12-23-25(19)21/h8-9,11-13,19H,6-7,10H2,1-5H3,(H,22,23,24). The van der Waals surface area contributed by atoms with Crippen molar-refractivity contribution in [3.8, 4) is 11.5 Å². The number of ether oxygens (including phenoxy) is 3. The summed E-state index contributed by atoms with van der Waals surface area (Å²) >= 11 is 0. The molecule has 8 heteroatoms. The van der Waals surface area contributed by atoms with Crippen molar-refractivity contribution < 1.29 is 19.0 Å². The van der Waals surface area contributed by atoms with Crippen LogP contribution in [0, 0.1) is 0 Å². The summed E-state index contributed by atoms with van der Waals surface area (Å²) in [4.78, 5) is 17.2. The molecule has 0 fully saturated rings. The number of benzene rings is 1. The molecule has 1 aliphatic heterocycles. The predicted molar refractivity (Wildman–Crippen MR) is 109 cm³/mol. The van der Waals surface area contributed by atoms with Crippen molar-refractivity contribution in [3.05, 3.63) is 41.4 Å². The lowest BCUT2D eigenvalue weighted by molar-refractivity contribution is -0.143. The van der Waals surface area contributed by atoms with Crippen LogP contribution in [0.4, 0.5) is 5.95 Å². The summed E-state index contributed by atoms with van der Waals surface area (Å²) < 4.78 is 18.8. The van der Waals surface area contributed by atoms with E-state index in [4.69, 9.17) is 14.2 Å². The fourth-order valence-electron chi connectivity index (χ4n) is 3.24. The molecule has 1 N–H and O–H groups in total. The van der Waals surface area contributed by atoms with E-state index in [1.54, 1.807) is 4.68 Å². The summed E-state index contributed by atoms with van der Waals surface area (Å²) in [6, 6.07) is 5.20. The summed E-state index contributed by atoms with van der Waals surface area (Å²) in [5, 5.41) is 7.47. The van der Waals surface area contributed by atoms with Crippen molar-refractivity contribution in [2.45, 2.75) is 53.2 Å². The summed E-state index contributed by atoms with van der Waals surface area (Å²) in [6.45, 7) is 10.6. The maximum Gasteiger partial charge on any atom is 0.338 e. The number of carbonyl (C=O) groups is 1.